The van der Waals surface area contributed by atoms with E-state index in [0.29, 0.717) is 4.90 Å². The van der Waals surface area contributed by atoms with Gasteiger partial charge in [-0.05, 0) is 41.5 Å². The zero-order valence-corrected chi connectivity index (χ0v) is 14.7. The lowest BCUT2D eigenvalue weighted by molar-refractivity contribution is -0.137. The molecule has 3 rings (SSSR count). The van der Waals surface area contributed by atoms with Crippen LogP contribution in [0.4, 0.5) is 0 Å². The number of hydrogen-bond donors (Lipinski definition) is 0. The maximum absolute atomic E-state index is 12.9. The lowest BCUT2D eigenvalue weighted by Gasteiger charge is -2.09. The molecule has 0 spiro atoms. The van der Waals surface area contributed by atoms with Gasteiger partial charge in [0.05, 0.1) is 17.4 Å². The summed E-state index contributed by atoms with van der Waals surface area (Å²) < 4.78 is 18.1. The lowest BCUT2D eigenvalue weighted by atomic mass is 10.0. The first-order valence-corrected chi connectivity index (χ1v) is 9.19. The molecule has 0 N–H and O–H groups in total. The molecule has 126 valence electrons. The van der Waals surface area contributed by atoms with Crippen molar-refractivity contribution in [1.82, 2.24) is 0 Å². The van der Waals surface area contributed by atoms with Crippen LogP contribution in [0, 0.1) is 0 Å². The Kier molecular flexibility index (Phi) is 5.41. The van der Waals surface area contributed by atoms with E-state index in [1.54, 1.807) is 37.3 Å². The number of rotatable bonds is 5. The average molecular weight is 350 g/mol. The van der Waals surface area contributed by atoms with Gasteiger partial charge in [0.25, 0.3) is 0 Å². The van der Waals surface area contributed by atoms with Crippen LogP contribution in [-0.4, -0.2) is 16.8 Å². The fraction of sp³-hybridized carbons (Fsp3) is 0.0952. The maximum Gasteiger partial charge on any atom is 0.347 e. The number of esters is 1. The molecule has 0 fully saturated rings. The molecule has 1 unspecified atom stereocenters. The molecule has 1 atom stereocenters. The predicted octanol–water partition coefficient (Wildman–Crippen LogP) is 4.55. The molecule has 0 saturated heterocycles. The third-order valence-electron chi connectivity index (χ3n) is 3.74. The number of carbonyl (C=O) groups is 1. The number of benzene rings is 3. The summed E-state index contributed by atoms with van der Waals surface area (Å²) in [5.41, 5.74) is 0.838. The Bertz CT molecular complexity index is 940. The van der Waals surface area contributed by atoms with Crippen LogP contribution < -0.4 is 0 Å². The second-order valence-corrected chi connectivity index (χ2v) is 6.83. The number of ether oxygens (including phenoxy) is 1. The summed E-state index contributed by atoms with van der Waals surface area (Å²) >= 11 is 0. The summed E-state index contributed by atoms with van der Waals surface area (Å²) in [5, 5.41) is 2.06. The van der Waals surface area contributed by atoms with Crippen molar-refractivity contribution in [3.8, 4) is 0 Å². The fourth-order valence-corrected chi connectivity index (χ4v) is 3.68. The Hall–Kier alpha value is -2.72. The van der Waals surface area contributed by atoms with Crippen molar-refractivity contribution in [2.75, 3.05) is 6.61 Å². The molecule has 0 aromatic heterocycles. The summed E-state index contributed by atoms with van der Waals surface area (Å²) in [5.74, 6) is -0.558. The van der Waals surface area contributed by atoms with Gasteiger partial charge in [-0.25, -0.2) is 9.00 Å². The summed E-state index contributed by atoms with van der Waals surface area (Å²) in [4.78, 5) is 13.1. The summed E-state index contributed by atoms with van der Waals surface area (Å²) in [6.45, 7) is 1.97. The van der Waals surface area contributed by atoms with Gasteiger partial charge in [0.15, 0.2) is 0 Å². The van der Waals surface area contributed by atoms with Crippen molar-refractivity contribution in [3.05, 3.63) is 83.3 Å². The minimum absolute atomic E-state index is 0.143. The van der Waals surface area contributed by atoms with Crippen molar-refractivity contribution in [3.63, 3.8) is 0 Å². The Labute approximate surface area is 149 Å². The maximum atomic E-state index is 12.9. The van der Waals surface area contributed by atoms with Gasteiger partial charge in [0, 0.05) is 4.90 Å². The monoisotopic (exact) mass is 350 g/mol. The normalized spacial score (nSPS) is 12.8. The van der Waals surface area contributed by atoms with Crippen molar-refractivity contribution in [2.45, 2.75) is 11.8 Å². The first kappa shape index (κ1) is 17.1. The highest BCUT2D eigenvalue weighted by atomic mass is 32.2. The van der Waals surface area contributed by atoms with Gasteiger partial charge in [-0.2, -0.15) is 0 Å². The van der Waals surface area contributed by atoms with Crippen molar-refractivity contribution in [1.29, 1.82) is 0 Å². The van der Waals surface area contributed by atoms with E-state index in [1.165, 1.54) is 0 Å². The SMILES string of the molecule is CCOC(=O)/C(=C\c1cccc2ccccc12)S(=O)c1ccccc1. The van der Waals surface area contributed by atoms with Crippen molar-refractivity contribution >= 4 is 33.6 Å². The van der Waals surface area contributed by atoms with E-state index in [2.05, 4.69) is 0 Å². The third-order valence-corrected chi connectivity index (χ3v) is 5.13. The van der Waals surface area contributed by atoms with Crippen LogP contribution in [0.5, 0.6) is 0 Å². The quantitative estimate of drug-likeness (QED) is 0.501. The van der Waals surface area contributed by atoms with Gasteiger partial charge in [-0.3, -0.25) is 0 Å². The predicted molar refractivity (Wildman–Crippen MR) is 101 cm³/mol. The molecule has 3 aromatic carbocycles. The number of carbonyl (C=O) groups excluding carboxylic acids is 1. The van der Waals surface area contributed by atoms with E-state index < -0.39 is 16.8 Å². The molecule has 0 bridgehead atoms. The summed E-state index contributed by atoms with van der Waals surface area (Å²) in [6, 6.07) is 22.7. The molecular weight excluding hydrogens is 332 g/mol. The van der Waals surface area contributed by atoms with Gasteiger partial charge in [-0.15, -0.1) is 0 Å². The molecule has 0 aliphatic rings. The van der Waals surface area contributed by atoms with Crippen LogP contribution in [0.2, 0.25) is 0 Å². The second-order valence-electron chi connectivity index (χ2n) is 5.38. The molecular formula is C21H18O3S. The molecule has 0 radical (unpaired) electrons. The van der Waals surface area contributed by atoms with E-state index >= 15 is 0 Å². The Morgan fingerprint density at radius 1 is 0.960 bits per heavy atom. The zero-order valence-electron chi connectivity index (χ0n) is 13.8. The molecule has 4 heteroatoms. The van der Waals surface area contributed by atoms with Gasteiger partial charge < -0.3 is 4.74 Å². The van der Waals surface area contributed by atoms with E-state index in [0.717, 1.165) is 16.3 Å². The third kappa shape index (κ3) is 3.86. The highest BCUT2D eigenvalue weighted by Gasteiger charge is 2.20. The molecule has 3 nitrogen and oxygen atoms in total. The standard InChI is InChI=1S/C21H18O3S/c1-2-24-21(22)20(25(23)18-12-4-3-5-13-18)15-17-11-8-10-16-9-6-7-14-19(16)17/h3-15H,2H2,1H3/b20-15+. The second kappa shape index (κ2) is 7.90. The number of hydrogen-bond acceptors (Lipinski definition) is 3. The topological polar surface area (TPSA) is 43.4 Å². The van der Waals surface area contributed by atoms with Gasteiger partial charge in [-0.1, -0.05) is 60.7 Å². The van der Waals surface area contributed by atoms with Crippen LogP contribution in [0.25, 0.3) is 16.8 Å². The lowest BCUT2D eigenvalue weighted by Crippen LogP contribution is -2.12. The first-order chi connectivity index (χ1) is 12.2. The Morgan fingerprint density at radius 2 is 1.64 bits per heavy atom. The zero-order chi connectivity index (χ0) is 17.6. The highest BCUT2D eigenvalue weighted by Crippen LogP contribution is 2.24. The molecule has 25 heavy (non-hydrogen) atoms. The summed E-state index contributed by atoms with van der Waals surface area (Å²) in [6.07, 6.45) is 1.67. The largest absolute Gasteiger partial charge is 0.462 e. The van der Waals surface area contributed by atoms with Crippen LogP contribution in [0.3, 0.4) is 0 Å². The van der Waals surface area contributed by atoms with Crippen molar-refractivity contribution < 1.29 is 13.7 Å². The minimum Gasteiger partial charge on any atom is -0.462 e. The fourth-order valence-electron chi connectivity index (χ4n) is 2.58. The van der Waals surface area contributed by atoms with E-state index in [4.69, 9.17) is 4.74 Å². The highest BCUT2D eigenvalue weighted by molar-refractivity contribution is 7.90. The van der Waals surface area contributed by atoms with E-state index in [-0.39, 0.29) is 11.5 Å². The van der Waals surface area contributed by atoms with Crippen LogP contribution in [0.15, 0.2) is 82.6 Å². The summed E-state index contributed by atoms with van der Waals surface area (Å²) in [7, 11) is -1.61. The van der Waals surface area contributed by atoms with Gasteiger partial charge in [0.2, 0.25) is 0 Å². The first-order valence-electron chi connectivity index (χ1n) is 8.04. The van der Waals surface area contributed by atoms with Gasteiger partial charge >= 0.3 is 5.97 Å². The Morgan fingerprint density at radius 3 is 2.40 bits per heavy atom. The molecule has 0 amide bonds. The average Bonchev–Trinajstić information content (AvgIpc) is 2.66. The Balaban J connectivity index is 2.12. The molecule has 0 heterocycles. The van der Waals surface area contributed by atoms with E-state index in [1.807, 2.05) is 48.5 Å². The molecule has 0 aliphatic heterocycles. The van der Waals surface area contributed by atoms with Crippen LogP contribution >= 0.6 is 0 Å². The smallest absolute Gasteiger partial charge is 0.347 e. The van der Waals surface area contributed by atoms with Crippen molar-refractivity contribution in [2.24, 2.45) is 0 Å². The molecule has 3 aromatic rings. The van der Waals surface area contributed by atoms with E-state index in [9.17, 15) is 9.00 Å². The molecule has 0 saturated carbocycles. The minimum atomic E-state index is -1.61. The molecule has 0 aliphatic carbocycles. The van der Waals surface area contributed by atoms with Crippen LogP contribution in [0.1, 0.15) is 12.5 Å². The number of fused-ring (bicyclic) bond motifs is 1. The van der Waals surface area contributed by atoms with Crippen LogP contribution in [-0.2, 0) is 20.3 Å². The van der Waals surface area contributed by atoms with Gasteiger partial charge in [0.1, 0.15) is 4.91 Å².